The Morgan fingerprint density at radius 1 is 0.500 bits per heavy atom. The molecule has 0 amide bonds. The maximum absolute atomic E-state index is 2.32. The number of benzene rings is 1. The van der Waals surface area contributed by atoms with Gasteiger partial charge in [0.1, 0.15) is 15.7 Å². The van der Waals surface area contributed by atoms with Gasteiger partial charge in [0.15, 0.2) is 0 Å². The van der Waals surface area contributed by atoms with Crippen LogP contribution in [0.1, 0.15) is 61.1 Å². The van der Waals surface area contributed by atoms with Crippen molar-refractivity contribution in [3.63, 3.8) is 0 Å². The van der Waals surface area contributed by atoms with E-state index >= 15 is 0 Å². The zero-order valence-corrected chi connectivity index (χ0v) is 13.2. The van der Waals surface area contributed by atoms with Crippen molar-refractivity contribution in [1.82, 2.24) is 0 Å². The third-order valence-corrected chi connectivity index (χ3v) is 4.31. The van der Waals surface area contributed by atoms with Crippen molar-refractivity contribution in [2.75, 3.05) is 0 Å². The first-order valence-electron chi connectivity index (χ1n) is 7.86. The molecule has 2 heteroatoms. The van der Waals surface area contributed by atoms with Crippen LogP contribution in [-0.2, 0) is 38.3 Å². The quantitative estimate of drug-likeness (QED) is 0.671. The molecule has 0 bridgehead atoms. The highest BCUT2D eigenvalue weighted by Crippen LogP contribution is 2.30. The van der Waals surface area contributed by atoms with Crippen molar-refractivity contribution in [2.24, 2.45) is 0 Å². The predicted octanol–water partition coefficient (Wildman–Crippen LogP) is 2.20. The molecule has 0 aromatic heterocycles. The second-order valence-corrected chi connectivity index (χ2v) is 4.99. The highest BCUT2D eigenvalue weighted by molar-refractivity contribution is 6.10. The van der Waals surface area contributed by atoms with E-state index in [-0.39, 0.29) is 0 Å². The Morgan fingerprint density at radius 3 is 0.889 bits per heavy atom. The van der Waals surface area contributed by atoms with E-state index in [9.17, 15) is 0 Å². The molecule has 0 atom stereocenters. The molecule has 0 saturated heterocycles. The van der Waals surface area contributed by atoms with E-state index < -0.39 is 0 Å². The maximum atomic E-state index is 2.32. The molecule has 18 heavy (non-hydrogen) atoms. The predicted molar refractivity (Wildman–Crippen MR) is 88.5 cm³/mol. The van der Waals surface area contributed by atoms with Crippen LogP contribution in [0.2, 0.25) is 0 Å². The fourth-order valence-electron chi connectivity index (χ4n) is 3.65. The summed E-state index contributed by atoms with van der Waals surface area (Å²) in [6.45, 7) is 9.27. The van der Waals surface area contributed by atoms with Crippen molar-refractivity contribution < 1.29 is 0 Å². The number of hydrogen-bond donors (Lipinski definition) is 0. The highest BCUT2D eigenvalue weighted by atomic mass is 14.2. The molecular formula is C16H28B2. The maximum Gasteiger partial charge on any atom is 0.107 e. The van der Waals surface area contributed by atoms with Crippen molar-refractivity contribution in [1.29, 1.82) is 0 Å². The Balaban J connectivity index is 3.71. The molecule has 1 aromatic carbocycles. The van der Waals surface area contributed by atoms with Crippen LogP contribution in [-0.4, -0.2) is 15.7 Å². The smallest absolute Gasteiger partial charge is 0.0613 e. The fraction of sp³-hybridized carbons (Fsp3) is 0.625. The Morgan fingerprint density at radius 2 is 0.722 bits per heavy atom. The van der Waals surface area contributed by atoms with Crippen LogP contribution in [0, 0.1) is 0 Å². The van der Waals surface area contributed by atoms with Crippen molar-refractivity contribution in [3.05, 3.63) is 33.4 Å². The topological polar surface area (TPSA) is 0 Å². The third-order valence-electron chi connectivity index (χ3n) is 4.31. The van der Waals surface area contributed by atoms with Gasteiger partial charge >= 0.3 is 0 Å². The molecule has 0 radical (unpaired) electrons. The minimum Gasteiger partial charge on any atom is -0.0613 e. The molecule has 0 nitrogen and oxygen atoms in total. The number of hydrogen-bond acceptors (Lipinski definition) is 0. The summed E-state index contributed by atoms with van der Waals surface area (Å²) in [5.41, 5.74) is 9.95. The number of rotatable bonds is 6. The lowest BCUT2D eigenvalue weighted by Gasteiger charge is -2.24. The van der Waals surface area contributed by atoms with Crippen molar-refractivity contribution >= 4 is 15.7 Å². The molecule has 0 heterocycles. The molecule has 0 saturated carbocycles. The highest BCUT2D eigenvalue weighted by Gasteiger charge is 2.17. The van der Waals surface area contributed by atoms with Gasteiger partial charge in [-0.3, -0.25) is 0 Å². The lowest BCUT2D eigenvalue weighted by molar-refractivity contribution is 0.911. The lowest BCUT2D eigenvalue weighted by Crippen LogP contribution is -2.13. The van der Waals surface area contributed by atoms with Gasteiger partial charge in [0.05, 0.1) is 0 Å². The Hall–Kier alpha value is -0.650. The zero-order chi connectivity index (χ0) is 13.7. The molecule has 0 fully saturated rings. The Bertz CT molecular complexity index is 288. The van der Waals surface area contributed by atoms with Crippen LogP contribution in [0.15, 0.2) is 0 Å². The summed E-state index contributed by atoms with van der Waals surface area (Å²) in [7, 11) is 4.64. The average Bonchev–Trinajstić information content (AvgIpc) is 2.43. The second kappa shape index (κ2) is 7.07. The van der Waals surface area contributed by atoms with E-state index in [1.54, 1.807) is 33.4 Å². The van der Waals surface area contributed by atoms with Crippen LogP contribution in [0.5, 0.6) is 0 Å². The van der Waals surface area contributed by atoms with Gasteiger partial charge in [-0.05, 0) is 59.1 Å². The van der Waals surface area contributed by atoms with E-state index in [0.29, 0.717) is 0 Å². The Kier molecular flexibility index (Phi) is 6.05. The first-order chi connectivity index (χ1) is 8.69. The van der Waals surface area contributed by atoms with Gasteiger partial charge in [0, 0.05) is 0 Å². The van der Waals surface area contributed by atoms with Crippen LogP contribution in [0.25, 0.3) is 0 Å². The normalized spacial score (nSPS) is 10.9. The molecule has 0 N–H and O–H groups in total. The van der Waals surface area contributed by atoms with Crippen molar-refractivity contribution in [2.45, 2.75) is 66.0 Å². The summed E-state index contributed by atoms with van der Waals surface area (Å²) in [5.74, 6) is 0. The minimum atomic E-state index is 1.19. The van der Waals surface area contributed by atoms with Gasteiger partial charge in [0.25, 0.3) is 0 Å². The summed E-state index contributed by atoms with van der Waals surface area (Å²) in [5, 5.41) is 0. The van der Waals surface area contributed by atoms with Gasteiger partial charge < -0.3 is 0 Å². The zero-order valence-electron chi connectivity index (χ0n) is 13.2. The van der Waals surface area contributed by atoms with Crippen LogP contribution < -0.4 is 0 Å². The monoisotopic (exact) mass is 242 g/mol. The molecule has 0 aliphatic carbocycles. The van der Waals surface area contributed by atoms with Crippen LogP contribution in [0.3, 0.4) is 0 Å². The SMILES string of the molecule is BCc1c(CB)c(CC)c(CC)c(CC)c1CC. The van der Waals surface area contributed by atoms with Crippen LogP contribution in [0.4, 0.5) is 0 Å². The van der Waals surface area contributed by atoms with Gasteiger partial charge in [-0.25, -0.2) is 0 Å². The van der Waals surface area contributed by atoms with E-state index in [1.807, 2.05) is 0 Å². The third kappa shape index (κ3) is 2.53. The van der Waals surface area contributed by atoms with E-state index in [0.717, 1.165) is 0 Å². The van der Waals surface area contributed by atoms with Crippen molar-refractivity contribution in [3.8, 4) is 0 Å². The lowest BCUT2D eigenvalue weighted by atomic mass is 9.75. The molecule has 0 spiro atoms. The van der Waals surface area contributed by atoms with Gasteiger partial charge in [-0.1, -0.05) is 40.3 Å². The molecular weight excluding hydrogens is 214 g/mol. The molecule has 98 valence electrons. The molecule has 1 rings (SSSR count). The van der Waals surface area contributed by atoms with Crippen LogP contribution >= 0.6 is 0 Å². The minimum absolute atomic E-state index is 1.19. The first-order valence-corrected chi connectivity index (χ1v) is 7.86. The van der Waals surface area contributed by atoms with Gasteiger partial charge in [-0.2, -0.15) is 0 Å². The fourth-order valence-corrected chi connectivity index (χ4v) is 3.65. The molecule has 0 aliphatic rings. The standard InChI is InChI=1S/C16H28B2/c1-5-11-12(6-2)14(8-4)16(10-18)15(9-17)13(11)7-3/h5-10,17-18H2,1-4H3. The summed E-state index contributed by atoms with van der Waals surface area (Å²) in [6.07, 6.45) is 7.14. The molecule has 0 unspecified atom stereocenters. The average molecular weight is 242 g/mol. The van der Waals surface area contributed by atoms with E-state index in [1.165, 1.54) is 38.3 Å². The van der Waals surface area contributed by atoms with Gasteiger partial charge in [0.2, 0.25) is 0 Å². The Labute approximate surface area is 115 Å². The first kappa shape index (κ1) is 15.4. The van der Waals surface area contributed by atoms with E-state index in [4.69, 9.17) is 0 Å². The second-order valence-electron chi connectivity index (χ2n) is 4.99. The summed E-state index contributed by atoms with van der Waals surface area (Å²) in [6, 6.07) is 0. The summed E-state index contributed by atoms with van der Waals surface area (Å²) in [4.78, 5) is 0. The largest absolute Gasteiger partial charge is 0.107 e. The molecule has 0 aliphatic heterocycles. The van der Waals surface area contributed by atoms with E-state index in [2.05, 4.69) is 43.4 Å². The van der Waals surface area contributed by atoms with Gasteiger partial charge in [-0.15, -0.1) is 0 Å². The summed E-state index contributed by atoms with van der Waals surface area (Å²) >= 11 is 0. The summed E-state index contributed by atoms with van der Waals surface area (Å²) < 4.78 is 0. The molecule has 1 aromatic rings.